The van der Waals surface area contributed by atoms with Crippen molar-refractivity contribution in [3.8, 4) is 0 Å². The molecular weight excluding hydrogens is 411 g/mol. The van der Waals surface area contributed by atoms with Gasteiger partial charge in [-0.15, -0.1) is 11.3 Å². The van der Waals surface area contributed by atoms with E-state index in [0.717, 1.165) is 10.2 Å². The van der Waals surface area contributed by atoms with Crippen molar-refractivity contribution in [2.24, 2.45) is 5.73 Å². The first-order valence-corrected chi connectivity index (χ1v) is 8.14. The number of carbonyl (C=O) groups excluding carboxylic acids is 1. The lowest BCUT2D eigenvalue weighted by Gasteiger charge is -2.11. The molecule has 106 valence electrons. The van der Waals surface area contributed by atoms with Gasteiger partial charge in [0.25, 0.3) is 5.91 Å². The number of hydrogen-bond donors (Lipinski definition) is 2. The maximum absolute atomic E-state index is 13.7. The molecule has 7 heteroatoms. The highest BCUT2D eigenvalue weighted by molar-refractivity contribution is 9.11. The third kappa shape index (κ3) is 3.80. The minimum atomic E-state index is -0.781. The van der Waals surface area contributed by atoms with Gasteiger partial charge in [0, 0.05) is 15.9 Å². The van der Waals surface area contributed by atoms with E-state index in [1.807, 2.05) is 12.1 Å². The van der Waals surface area contributed by atoms with Gasteiger partial charge in [-0.25, -0.2) is 4.39 Å². The summed E-state index contributed by atoms with van der Waals surface area (Å²) in [6.07, 6.45) is 0.780. The van der Waals surface area contributed by atoms with E-state index >= 15 is 0 Å². The van der Waals surface area contributed by atoms with E-state index in [1.165, 1.54) is 10.9 Å². The molecule has 0 bridgehead atoms. The molecule has 0 spiro atoms. The molecule has 0 saturated carbocycles. The zero-order valence-electron chi connectivity index (χ0n) is 10.3. The van der Waals surface area contributed by atoms with E-state index < -0.39 is 11.7 Å². The van der Waals surface area contributed by atoms with E-state index in [4.69, 9.17) is 5.73 Å². The number of benzene rings is 1. The van der Waals surface area contributed by atoms with Crippen LogP contribution < -0.4 is 11.1 Å². The number of primary amides is 1. The third-order valence-electron chi connectivity index (χ3n) is 2.62. The fourth-order valence-corrected chi connectivity index (χ4v) is 3.68. The first-order chi connectivity index (χ1) is 9.47. The van der Waals surface area contributed by atoms with E-state index in [2.05, 4.69) is 37.2 Å². The van der Waals surface area contributed by atoms with Gasteiger partial charge in [0.2, 0.25) is 0 Å². The molecule has 0 atom stereocenters. The zero-order valence-corrected chi connectivity index (χ0v) is 14.2. The van der Waals surface area contributed by atoms with Crippen molar-refractivity contribution < 1.29 is 9.18 Å². The number of rotatable bonds is 5. The smallest absolute Gasteiger partial charge is 0.253 e. The Morgan fingerprint density at radius 1 is 1.35 bits per heavy atom. The molecule has 3 N–H and O–H groups in total. The van der Waals surface area contributed by atoms with Crippen LogP contribution in [0.5, 0.6) is 0 Å². The molecule has 0 radical (unpaired) electrons. The van der Waals surface area contributed by atoms with Gasteiger partial charge in [0.15, 0.2) is 0 Å². The van der Waals surface area contributed by atoms with Crippen LogP contribution >= 0.6 is 43.2 Å². The van der Waals surface area contributed by atoms with Crippen LogP contribution in [-0.2, 0) is 6.42 Å². The summed E-state index contributed by atoms with van der Waals surface area (Å²) in [5.74, 6) is -1.41. The summed E-state index contributed by atoms with van der Waals surface area (Å²) in [5, 5.41) is 3.05. The normalized spacial score (nSPS) is 10.6. The molecule has 2 aromatic rings. The van der Waals surface area contributed by atoms with Crippen molar-refractivity contribution in [3.05, 3.63) is 48.8 Å². The van der Waals surface area contributed by atoms with Gasteiger partial charge in [-0.1, -0.05) is 15.9 Å². The Balaban J connectivity index is 2.10. The molecule has 3 nitrogen and oxygen atoms in total. The largest absolute Gasteiger partial charge is 0.384 e. The topological polar surface area (TPSA) is 55.1 Å². The molecule has 1 aromatic heterocycles. The predicted octanol–water partition coefficient (Wildman–Crippen LogP) is 4.17. The van der Waals surface area contributed by atoms with E-state index in [0.29, 0.717) is 16.7 Å². The van der Waals surface area contributed by atoms with Crippen LogP contribution in [0.4, 0.5) is 10.1 Å². The number of amides is 1. The van der Waals surface area contributed by atoms with Gasteiger partial charge in [0.1, 0.15) is 5.82 Å². The van der Waals surface area contributed by atoms with E-state index in [1.54, 1.807) is 17.4 Å². The van der Waals surface area contributed by atoms with Crippen molar-refractivity contribution in [1.29, 1.82) is 0 Å². The first-order valence-electron chi connectivity index (χ1n) is 5.74. The van der Waals surface area contributed by atoms with Gasteiger partial charge in [-0.3, -0.25) is 4.79 Å². The summed E-state index contributed by atoms with van der Waals surface area (Å²) in [7, 11) is 0. The van der Waals surface area contributed by atoms with Crippen LogP contribution in [0.3, 0.4) is 0 Å². The first kappa shape index (κ1) is 15.5. The second kappa shape index (κ2) is 6.69. The number of nitrogens with one attached hydrogen (secondary N) is 1. The lowest BCUT2D eigenvalue weighted by molar-refractivity contribution is 0.0997. The maximum atomic E-state index is 13.7. The van der Waals surface area contributed by atoms with Crippen LogP contribution in [0.15, 0.2) is 32.5 Å². The number of anilines is 1. The number of carbonyl (C=O) groups is 1. The van der Waals surface area contributed by atoms with E-state index in [-0.39, 0.29) is 5.56 Å². The molecule has 0 saturated heterocycles. The van der Waals surface area contributed by atoms with Crippen molar-refractivity contribution in [2.75, 3.05) is 11.9 Å². The molecular formula is C13H11Br2FN2OS. The summed E-state index contributed by atoms with van der Waals surface area (Å²) >= 11 is 8.24. The molecule has 2 rings (SSSR count). The van der Waals surface area contributed by atoms with Gasteiger partial charge in [-0.2, -0.15) is 0 Å². The summed E-state index contributed by atoms with van der Waals surface area (Å²) in [5.41, 5.74) is 5.51. The molecule has 20 heavy (non-hydrogen) atoms. The van der Waals surface area contributed by atoms with Gasteiger partial charge in [-0.05, 0) is 46.6 Å². The second-order valence-electron chi connectivity index (χ2n) is 4.06. The number of thiophene rings is 1. The Kier molecular flexibility index (Phi) is 5.17. The summed E-state index contributed by atoms with van der Waals surface area (Å²) in [6.45, 7) is 0.586. The fourth-order valence-electron chi connectivity index (χ4n) is 1.77. The Labute approximate surface area is 136 Å². The highest BCUT2D eigenvalue weighted by atomic mass is 79.9. The van der Waals surface area contributed by atoms with Crippen LogP contribution in [0, 0.1) is 5.82 Å². The minimum absolute atomic E-state index is 0.111. The molecule has 0 unspecified atom stereocenters. The van der Waals surface area contributed by atoms with Crippen LogP contribution in [0.25, 0.3) is 0 Å². The SMILES string of the molecule is NC(=O)c1c(F)cc(Br)cc1NCCc1ccc(Br)s1. The highest BCUT2D eigenvalue weighted by Crippen LogP contribution is 2.25. The Morgan fingerprint density at radius 2 is 2.10 bits per heavy atom. The van der Waals surface area contributed by atoms with Crippen molar-refractivity contribution in [2.45, 2.75) is 6.42 Å². The third-order valence-corrected chi connectivity index (χ3v) is 4.76. The number of halogens is 3. The van der Waals surface area contributed by atoms with Crippen molar-refractivity contribution in [3.63, 3.8) is 0 Å². The Morgan fingerprint density at radius 3 is 2.70 bits per heavy atom. The Bertz CT molecular complexity index is 645. The fraction of sp³-hybridized carbons (Fsp3) is 0.154. The predicted molar refractivity (Wildman–Crippen MR) is 86.8 cm³/mol. The van der Waals surface area contributed by atoms with Gasteiger partial charge >= 0.3 is 0 Å². The summed E-state index contributed by atoms with van der Waals surface area (Å²) < 4.78 is 15.4. The van der Waals surface area contributed by atoms with Crippen LogP contribution in [-0.4, -0.2) is 12.5 Å². The minimum Gasteiger partial charge on any atom is -0.384 e. The molecule has 1 aromatic carbocycles. The average molecular weight is 422 g/mol. The number of nitrogens with two attached hydrogens (primary N) is 1. The monoisotopic (exact) mass is 420 g/mol. The van der Waals surface area contributed by atoms with Crippen LogP contribution in [0.2, 0.25) is 0 Å². The van der Waals surface area contributed by atoms with E-state index in [9.17, 15) is 9.18 Å². The van der Waals surface area contributed by atoms with Crippen molar-refractivity contribution >= 4 is 54.8 Å². The standard InChI is InChI=1S/C13H11Br2FN2OS/c14-7-5-9(16)12(13(17)19)10(6-7)18-4-3-8-1-2-11(15)20-8/h1-2,5-6,18H,3-4H2,(H2,17,19). The maximum Gasteiger partial charge on any atom is 0.253 e. The van der Waals surface area contributed by atoms with Gasteiger partial charge < -0.3 is 11.1 Å². The molecule has 0 aliphatic rings. The summed E-state index contributed by atoms with van der Waals surface area (Å²) in [6, 6.07) is 6.87. The Hall–Kier alpha value is -0.920. The quantitative estimate of drug-likeness (QED) is 0.761. The molecule has 1 heterocycles. The molecule has 1 amide bonds. The second-order valence-corrected chi connectivity index (χ2v) is 7.52. The lowest BCUT2D eigenvalue weighted by atomic mass is 10.1. The average Bonchev–Trinajstić information content (AvgIpc) is 2.73. The lowest BCUT2D eigenvalue weighted by Crippen LogP contribution is -2.17. The molecule has 0 fully saturated rings. The number of hydrogen-bond acceptors (Lipinski definition) is 3. The van der Waals surface area contributed by atoms with Crippen molar-refractivity contribution in [1.82, 2.24) is 0 Å². The molecule has 0 aliphatic heterocycles. The summed E-state index contributed by atoms with van der Waals surface area (Å²) in [4.78, 5) is 12.5. The molecule has 0 aliphatic carbocycles. The zero-order chi connectivity index (χ0) is 14.7. The van der Waals surface area contributed by atoms with Crippen LogP contribution in [0.1, 0.15) is 15.2 Å². The van der Waals surface area contributed by atoms with Gasteiger partial charge in [0.05, 0.1) is 15.0 Å². The highest BCUT2D eigenvalue weighted by Gasteiger charge is 2.15.